The first-order valence-corrected chi connectivity index (χ1v) is 30.3. The predicted octanol–water partition coefficient (Wildman–Crippen LogP) is 23.7. The molecular weight excluding hydrogens is 1340 g/mol. The van der Waals surface area contributed by atoms with Crippen LogP contribution in [-0.2, 0) is 22.2 Å². The molecule has 7 rings (SSSR count). The summed E-state index contributed by atoms with van der Waals surface area (Å²) in [6.45, 7) is 11.9. The van der Waals surface area contributed by atoms with Gasteiger partial charge in [0, 0.05) is 17.0 Å². The van der Waals surface area contributed by atoms with Crippen molar-refractivity contribution in [2.45, 2.75) is 130 Å². The molecule has 0 saturated heterocycles. The van der Waals surface area contributed by atoms with Gasteiger partial charge in [-0.05, 0) is 108 Å². The molecule has 0 heterocycles. The number of rotatable bonds is 30. The third-order valence-corrected chi connectivity index (χ3v) is 15.8. The molecule has 524 valence electrons. The van der Waals surface area contributed by atoms with Crippen molar-refractivity contribution in [3.63, 3.8) is 0 Å². The number of ether oxygens (including phenoxy) is 6. The lowest BCUT2D eigenvalue weighted by molar-refractivity contribution is 0.0471. The van der Waals surface area contributed by atoms with Gasteiger partial charge in [-0.1, -0.05) is 111 Å². The first-order valence-electron chi connectivity index (χ1n) is 30.3. The molecule has 0 aromatic heterocycles. The van der Waals surface area contributed by atoms with Gasteiger partial charge in [0.05, 0.1) is 33.9 Å². The van der Waals surface area contributed by atoms with E-state index >= 15 is 65.9 Å². The normalized spacial score (nSPS) is 12.6. The van der Waals surface area contributed by atoms with Crippen LogP contribution in [0.25, 0.3) is 16.7 Å². The van der Waals surface area contributed by atoms with Gasteiger partial charge in [0.1, 0.15) is 47.9 Å². The molecule has 7 aromatic carbocycles. The number of carbonyl (C=O) groups excluding carboxylic acids is 1. The van der Waals surface area contributed by atoms with Crippen LogP contribution >= 0.6 is 0 Å². The molecule has 0 bridgehead atoms. The largest absolute Gasteiger partial charge is 0.490 e. The zero-order valence-corrected chi connectivity index (χ0v) is 53.3. The van der Waals surface area contributed by atoms with E-state index in [9.17, 15) is 22.4 Å². The van der Waals surface area contributed by atoms with Crippen LogP contribution in [0.1, 0.15) is 144 Å². The average molecular weight is 1400 g/mol. The van der Waals surface area contributed by atoms with Crippen molar-refractivity contribution >= 4 is 11.5 Å². The van der Waals surface area contributed by atoms with E-state index < -0.39 is 198 Å². The summed E-state index contributed by atoms with van der Waals surface area (Å²) in [6, 6.07) is 15.0. The van der Waals surface area contributed by atoms with Crippen LogP contribution in [0.3, 0.4) is 0 Å². The van der Waals surface area contributed by atoms with Crippen LogP contribution in [0.15, 0.2) is 133 Å². The lowest BCUT2D eigenvalue weighted by Gasteiger charge is -2.31. The lowest BCUT2D eigenvalue weighted by Crippen LogP contribution is -2.27. The van der Waals surface area contributed by atoms with Crippen molar-refractivity contribution in [3.8, 4) is 51.4 Å². The quantitative estimate of drug-likeness (QED) is 0.0146. The average Bonchev–Trinajstić information content (AvgIpc) is 0.751. The van der Waals surface area contributed by atoms with E-state index in [1.165, 1.54) is 49.4 Å². The second-order valence-corrected chi connectivity index (χ2v) is 23.2. The molecule has 0 spiro atoms. The number of hydrogen-bond donors (Lipinski definition) is 0. The Morgan fingerprint density at radius 2 is 0.959 bits per heavy atom. The summed E-state index contributed by atoms with van der Waals surface area (Å²) in [5.74, 6) is -43.9. The zero-order valence-electron chi connectivity index (χ0n) is 53.3. The van der Waals surface area contributed by atoms with Crippen LogP contribution < -0.4 is 23.7 Å². The second-order valence-electron chi connectivity index (χ2n) is 23.2. The van der Waals surface area contributed by atoms with Crippen LogP contribution in [0.4, 0.5) is 83.4 Å². The highest BCUT2D eigenvalue weighted by Gasteiger charge is 2.41. The first-order chi connectivity index (χ1) is 46.3. The summed E-state index contributed by atoms with van der Waals surface area (Å²) in [5, 5.41) is 0. The smallest absolute Gasteiger partial charge is 0.344 e. The Bertz CT molecular complexity index is 4110. The molecule has 0 saturated carbocycles. The van der Waals surface area contributed by atoms with Gasteiger partial charge < -0.3 is 28.4 Å². The summed E-state index contributed by atoms with van der Waals surface area (Å²) >= 11 is 0. The van der Waals surface area contributed by atoms with Crippen molar-refractivity contribution in [2.24, 2.45) is 0 Å². The third-order valence-electron chi connectivity index (χ3n) is 15.8. The van der Waals surface area contributed by atoms with Crippen LogP contribution in [0.2, 0.25) is 0 Å². The number of esters is 1. The lowest BCUT2D eigenvalue weighted by atomic mass is 9.74. The Hall–Kier alpha value is -9.36. The Morgan fingerprint density at radius 3 is 1.42 bits per heavy atom. The monoisotopic (exact) mass is 1400 g/mol. The number of halogens is 19. The van der Waals surface area contributed by atoms with E-state index in [2.05, 4.69) is 11.3 Å². The topological polar surface area (TPSA) is 72.5 Å². The molecule has 0 amide bonds. The van der Waals surface area contributed by atoms with Gasteiger partial charge in [-0.25, -0.2) is 53.1 Å². The van der Waals surface area contributed by atoms with Gasteiger partial charge in [0.15, 0.2) is 58.1 Å². The number of alkyl halides is 1. The van der Waals surface area contributed by atoms with E-state index in [4.69, 9.17) is 23.7 Å². The van der Waals surface area contributed by atoms with Crippen molar-refractivity contribution in [3.05, 3.63) is 236 Å². The molecule has 0 aliphatic rings. The third kappa shape index (κ3) is 16.4. The number of carbonyl (C=O) groups is 1. The van der Waals surface area contributed by atoms with Crippen LogP contribution in [-0.4, -0.2) is 18.7 Å². The Balaban J connectivity index is 1.10. The second kappa shape index (κ2) is 32.3. The number of unbranched alkanes of at least 4 members (excludes halogenated alkanes) is 1. The molecule has 7 aromatic rings. The number of allylic oxidation sites excluding steroid dienone is 4. The maximum Gasteiger partial charge on any atom is 0.344 e. The minimum Gasteiger partial charge on any atom is -0.490 e. The fraction of sp³-hybridized carbons (Fsp3) is 0.292. The van der Waals surface area contributed by atoms with E-state index in [0.29, 0.717) is 49.7 Å². The molecule has 98 heavy (non-hydrogen) atoms. The zero-order chi connectivity index (χ0) is 72.4. The van der Waals surface area contributed by atoms with Gasteiger partial charge in [-0.3, -0.25) is 0 Å². The maximum absolute atomic E-state index is 16.1. The molecule has 0 fully saturated rings. The fourth-order valence-corrected chi connectivity index (χ4v) is 10.9. The van der Waals surface area contributed by atoms with Gasteiger partial charge in [-0.2, -0.15) is 35.1 Å². The molecule has 1 unspecified atom stereocenters. The molecule has 0 N–H and O–H groups in total. The standard InChI is InChI=1S/C72H61F19O7/c1-9-13-15-40(14-10-2)95-44-30-36(34-93-70(92)37-16-22-43(23-17-37)98-69(91)68(89)90)31-45(32-44)97-67-64(87)58(81)50(59(82)65(67)88)49-56(79)62(85)66(63(86)57(49)80)96-42-26-20-39(21-27-42)71(6,7)38-18-24-41(25-19-38)94-35(5)52(75)53(76)47(46(74)33-73)48-54(77)60(83)51(61(84)55(48)78)72(8,28-11-3)29-12-4/h16-27,30-32,40H,5,9-15,28-29,33-34H2,1-4,6-8H3/b47-46+,53-52-. The van der Waals surface area contributed by atoms with Crippen molar-refractivity contribution < 1.29 is 117 Å². The molecule has 0 aliphatic heterocycles. The summed E-state index contributed by atoms with van der Waals surface area (Å²) in [7, 11) is 0. The van der Waals surface area contributed by atoms with Gasteiger partial charge in [0.2, 0.25) is 40.6 Å². The van der Waals surface area contributed by atoms with E-state index in [1.54, 1.807) is 27.7 Å². The van der Waals surface area contributed by atoms with Crippen molar-refractivity contribution in [1.29, 1.82) is 0 Å². The van der Waals surface area contributed by atoms with Crippen molar-refractivity contribution in [2.75, 3.05) is 6.67 Å². The molecule has 7 nitrogen and oxygen atoms in total. The minimum absolute atomic E-state index is 0.0305. The van der Waals surface area contributed by atoms with E-state index in [-0.39, 0.29) is 35.5 Å². The predicted molar refractivity (Wildman–Crippen MR) is 325 cm³/mol. The number of hydrogen-bond acceptors (Lipinski definition) is 7. The molecule has 0 radical (unpaired) electrons. The molecule has 0 aliphatic carbocycles. The molecule has 1 atom stereocenters. The highest BCUT2D eigenvalue weighted by molar-refractivity contribution is 5.89. The summed E-state index contributed by atoms with van der Waals surface area (Å²) in [5.41, 5.74) is -11.8. The highest BCUT2D eigenvalue weighted by atomic mass is 19.3. The fourth-order valence-electron chi connectivity index (χ4n) is 10.9. The van der Waals surface area contributed by atoms with Gasteiger partial charge in [-0.15, -0.1) is 0 Å². The van der Waals surface area contributed by atoms with Crippen LogP contribution in [0, 0.1) is 69.8 Å². The van der Waals surface area contributed by atoms with Gasteiger partial charge >= 0.3 is 18.1 Å². The Labute approximate surface area is 550 Å². The summed E-state index contributed by atoms with van der Waals surface area (Å²) < 4.78 is 321. The Kier molecular flexibility index (Phi) is 25.1. The maximum atomic E-state index is 16.1. The van der Waals surface area contributed by atoms with Gasteiger partial charge in [0.25, 0.3) is 0 Å². The SMILES string of the molecule is C=C(Oc1ccc(C(C)(C)c2ccc(Oc3c(F)c(F)c(-c4c(F)c(F)c(Oc5cc(COC(=O)c6ccc(OC(F)=C(F)F)cc6)cc(OC(CCC)CCCC)c5)c(F)c4F)c(F)c3F)cc2)cc1)/C(F)=C(F)\C(=C(\F)CF)c1c(F)c(F)c(C(C)(CCC)CCC)c(F)c1F. The highest BCUT2D eigenvalue weighted by Crippen LogP contribution is 2.47. The molecular formula is C72H61F19O7. The number of benzene rings is 7. The minimum atomic E-state index is -2.74. The first kappa shape index (κ1) is 76.0. The van der Waals surface area contributed by atoms with Crippen LogP contribution in [0.5, 0.6) is 40.2 Å². The molecule has 26 heteroatoms. The van der Waals surface area contributed by atoms with E-state index in [1.807, 2.05) is 13.8 Å². The van der Waals surface area contributed by atoms with E-state index in [0.717, 1.165) is 55.0 Å². The Morgan fingerprint density at radius 1 is 0.500 bits per heavy atom. The van der Waals surface area contributed by atoms with Crippen molar-refractivity contribution in [1.82, 2.24) is 0 Å². The summed E-state index contributed by atoms with van der Waals surface area (Å²) in [6.07, 6.45) is 0.530. The summed E-state index contributed by atoms with van der Waals surface area (Å²) in [4.78, 5) is 13.0.